The highest BCUT2D eigenvalue weighted by molar-refractivity contribution is 5.59. The van der Waals surface area contributed by atoms with E-state index in [4.69, 9.17) is 18.9 Å². The maximum absolute atomic E-state index is 14.6. The van der Waals surface area contributed by atoms with Crippen LogP contribution in [0.1, 0.15) is 5.56 Å². The summed E-state index contributed by atoms with van der Waals surface area (Å²) >= 11 is 0. The third-order valence-corrected chi connectivity index (χ3v) is 7.37. The minimum Gasteiger partial charge on any atom is -0.494 e. The Labute approximate surface area is 238 Å². The highest BCUT2D eigenvalue weighted by Crippen LogP contribution is 2.32. The molecule has 220 valence electrons. The number of nitrogens with zero attached hydrogens (tertiary/aromatic N) is 5. The highest BCUT2D eigenvalue weighted by Gasteiger charge is 2.21. The second-order valence-electron chi connectivity index (χ2n) is 9.87. The first-order chi connectivity index (χ1) is 20.0. The summed E-state index contributed by atoms with van der Waals surface area (Å²) in [5.74, 6) is -1.33. The molecule has 2 aromatic carbocycles. The van der Waals surface area contributed by atoms with Crippen LogP contribution in [0.4, 0.5) is 26.1 Å². The van der Waals surface area contributed by atoms with Crippen LogP contribution in [0.3, 0.4) is 0 Å². The fraction of sp³-hybridized carbons (Fsp3) is 0.448. The lowest BCUT2D eigenvalue weighted by Gasteiger charge is -2.37. The summed E-state index contributed by atoms with van der Waals surface area (Å²) < 4.78 is 50.0. The van der Waals surface area contributed by atoms with E-state index in [0.29, 0.717) is 5.95 Å². The van der Waals surface area contributed by atoms with Gasteiger partial charge in [0.1, 0.15) is 6.61 Å². The molecule has 2 aliphatic heterocycles. The van der Waals surface area contributed by atoms with E-state index in [-0.39, 0.29) is 29.4 Å². The lowest BCUT2D eigenvalue weighted by molar-refractivity contribution is 0.0331. The number of hydrogen-bond acceptors (Lipinski definition) is 10. The van der Waals surface area contributed by atoms with E-state index in [1.165, 1.54) is 32.3 Å². The van der Waals surface area contributed by atoms with E-state index >= 15 is 0 Å². The van der Waals surface area contributed by atoms with Crippen LogP contribution in [0.5, 0.6) is 17.2 Å². The number of benzene rings is 2. The van der Waals surface area contributed by atoms with Gasteiger partial charge in [0.15, 0.2) is 28.9 Å². The summed E-state index contributed by atoms with van der Waals surface area (Å²) in [7, 11) is 2.59. The van der Waals surface area contributed by atoms with Crippen LogP contribution in [-0.2, 0) is 11.3 Å². The van der Waals surface area contributed by atoms with Crippen LogP contribution in [0, 0.1) is 11.6 Å². The number of anilines is 3. The Kier molecular flexibility index (Phi) is 9.65. The van der Waals surface area contributed by atoms with Gasteiger partial charge in [-0.1, -0.05) is 0 Å². The van der Waals surface area contributed by atoms with Gasteiger partial charge in [-0.15, -0.1) is 0 Å². The maximum atomic E-state index is 14.6. The van der Waals surface area contributed by atoms with Gasteiger partial charge in [-0.25, -0.2) is 18.7 Å². The molecular weight excluding hydrogens is 534 g/mol. The molecule has 0 aliphatic carbocycles. The number of hydrogen-bond donors (Lipinski definition) is 1. The number of methoxy groups -OCH3 is 2. The number of morpholine rings is 1. The third-order valence-electron chi connectivity index (χ3n) is 7.37. The van der Waals surface area contributed by atoms with E-state index in [2.05, 4.69) is 42.1 Å². The molecule has 2 aliphatic rings. The lowest BCUT2D eigenvalue weighted by Crippen LogP contribution is -2.49. The van der Waals surface area contributed by atoms with Crippen molar-refractivity contribution in [3.63, 3.8) is 0 Å². The van der Waals surface area contributed by atoms with Gasteiger partial charge in [-0.2, -0.15) is 0 Å². The molecular formula is C29H36F2N6O4. The normalized spacial score (nSPS) is 16.4. The van der Waals surface area contributed by atoms with Crippen LogP contribution in [-0.4, -0.2) is 99.6 Å². The second-order valence-corrected chi connectivity index (χ2v) is 9.87. The van der Waals surface area contributed by atoms with Crippen LogP contribution in [0.2, 0.25) is 0 Å². The minimum atomic E-state index is -0.848. The molecule has 0 atom stereocenters. The molecule has 10 nitrogen and oxygen atoms in total. The van der Waals surface area contributed by atoms with Crippen molar-refractivity contribution < 1.29 is 27.7 Å². The maximum Gasteiger partial charge on any atom is 0.227 e. The Hall–Kier alpha value is -3.74. The largest absolute Gasteiger partial charge is 0.494 e. The van der Waals surface area contributed by atoms with Gasteiger partial charge in [0.25, 0.3) is 0 Å². The van der Waals surface area contributed by atoms with Gasteiger partial charge in [0.2, 0.25) is 5.95 Å². The lowest BCUT2D eigenvalue weighted by atomic mass is 10.1. The molecule has 5 rings (SSSR count). The molecule has 2 fully saturated rings. The molecule has 41 heavy (non-hydrogen) atoms. The van der Waals surface area contributed by atoms with Gasteiger partial charge in [0.05, 0.1) is 45.4 Å². The quantitative estimate of drug-likeness (QED) is 0.370. The van der Waals surface area contributed by atoms with Crippen LogP contribution < -0.4 is 24.4 Å². The minimum absolute atomic E-state index is 0.134. The summed E-state index contributed by atoms with van der Waals surface area (Å²) in [5, 5.41) is 3.17. The summed E-state index contributed by atoms with van der Waals surface area (Å²) in [6.07, 6.45) is 2.88. The predicted molar refractivity (Wildman–Crippen MR) is 151 cm³/mol. The zero-order valence-corrected chi connectivity index (χ0v) is 23.4. The molecule has 0 saturated carbocycles. The number of aromatic nitrogens is 2. The van der Waals surface area contributed by atoms with Crippen molar-refractivity contribution in [3.05, 3.63) is 59.9 Å². The fourth-order valence-corrected chi connectivity index (χ4v) is 4.90. The summed E-state index contributed by atoms with van der Waals surface area (Å²) in [6.45, 7) is 9.68. The molecule has 3 aromatic rings. The van der Waals surface area contributed by atoms with Gasteiger partial charge in [-0.05, 0) is 24.3 Å². The highest BCUT2D eigenvalue weighted by atomic mass is 19.1. The monoisotopic (exact) mass is 570 g/mol. The van der Waals surface area contributed by atoms with Gasteiger partial charge >= 0.3 is 0 Å². The number of ether oxygens (including phenoxy) is 4. The standard InChI is InChI=1S/C29H36F2N6O4/c1-38-25-17-26(39-2)28(31)24(27(25)30)20-41-23-18-32-29(33-19-23)34-21-3-5-22(6-4-21)37-11-9-35(10-12-37)7-8-36-13-15-40-16-14-36/h3-6,17-19H,7-16,20H2,1-2H3,(H,32,33,34). The Morgan fingerprint density at radius 3 is 2.00 bits per heavy atom. The molecule has 0 bridgehead atoms. The van der Waals surface area contributed by atoms with Crippen molar-refractivity contribution in [2.24, 2.45) is 0 Å². The third kappa shape index (κ3) is 7.32. The van der Waals surface area contributed by atoms with E-state index in [1.807, 2.05) is 12.1 Å². The number of nitrogens with one attached hydrogen (secondary N) is 1. The SMILES string of the molecule is COc1cc(OC)c(F)c(COc2cnc(Nc3ccc(N4CCN(CCN5CCOCC5)CC4)cc3)nc2)c1F. The number of halogens is 2. The van der Waals surface area contributed by atoms with Crippen molar-refractivity contribution in [1.29, 1.82) is 0 Å². The Bertz CT molecular complexity index is 1240. The summed E-state index contributed by atoms with van der Waals surface area (Å²) in [4.78, 5) is 15.9. The topological polar surface area (TPSA) is 84.5 Å². The van der Waals surface area contributed by atoms with Crippen LogP contribution in [0.25, 0.3) is 0 Å². The second kappa shape index (κ2) is 13.7. The summed E-state index contributed by atoms with van der Waals surface area (Å²) in [6, 6.07) is 9.33. The molecule has 1 N–H and O–H groups in total. The molecule has 0 unspecified atom stereocenters. The van der Waals surface area contributed by atoms with E-state index in [9.17, 15) is 8.78 Å². The zero-order chi connectivity index (χ0) is 28.6. The van der Waals surface area contributed by atoms with E-state index < -0.39 is 11.6 Å². The van der Waals surface area contributed by atoms with Crippen LogP contribution >= 0.6 is 0 Å². The van der Waals surface area contributed by atoms with Crippen molar-refractivity contribution in [2.45, 2.75) is 6.61 Å². The van der Waals surface area contributed by atoms with Crippen molar-refractivity contribution in [3.8, 4) is 17.2 Å². The van der Waals surface area contributed by atoms with Crippen molar-refractivity contribution in [2.75, 3.05) is 90.0 Å². The van der Waals surface area contributed by atoms with Crippen molar-refractivity contribution in [1.82, 2.24) is 19.8 Å². The molecule has 3 heterocycles. The first-order valence-corrected chi connectivity index (χ1v) is 13.7. The first kappa shape index (κ1) is 28.8. The van der Waals surface area contributed by atoms with Gasteiger partial charge in [0, 0.05) is 69.8 Å². The van der Waals surface area contributed by atoms with Crippen LogP contribution in [0.15, 0.2) is 42.7 Å². The summed E-state index contributed by atoms with van der Waals surface area (Å²) in [5.41, 5.74) is 1.72. The molecule has 12 heteroatoms. The Morgan fingerprint density at radius 2 is 1.41 bits per heavy atom. The average Bonchev–Trinajstić information content (AvgIpc) is 3.02. The zero-order valence-electron chi connectivity index (χ0n) is 23.4. The molecule has 0 amide bonds. The van der Waals surface area contributed by atoms with Gasteiger partial charge < -0.3 is 29.2 Å². The molecule has 0 spiro atoms. The number of rotatable bonds is 11. The van der Waals surface area contributed by atoms with E-state index in [1.54, 1.807) is 0 Å². The van der Waals surface area contributed by atoms with Gasteiger partial charge in [-0.3, -0.25) is 9.80 Å². The average molecular weight is 571 g/mol. The number of piperazine rings is 1. The predicted octanol–water partition coefficient (Wildman–Crippen LogP) is 3.55. The smallest absolute Gasteiger partial charge is 0.227 e. The fourth-order valence-electron chi connectivity index (χ4n) is 4.90. The Morgan fingerprint density at radius 1 is 0.829 bits per heavy atom. The Balaban J connectivity index is 1.09. The van der Waals surface area contributed by atoms with E-state index in [0.717, 1.165) is 77.3 Å². The molecule has 0 radical (unpaired) electrons. The first-order valence-electron chi connectivity index (χ1n) is 13.7. The molecule has 2 saturated heterocycles. The molecule has 1 aromatic heterocycles. The van der Waals surface area contributed by atoms with Crippen molar-refractivity contribution >= 4 is 17.3 Å².